The van der Waals surface area contributed by atoms with Gasteiger partial charge in [-0.15, -0.1) is 0 Å². The van der Waals surface area contributed by atoms with Crippen molar-refractivity contribution < 1.29 is 9.00 Å². The Hall–Kier alpha value is -1.07. The van der Waals surface area contributed by atoms with Gasteiger partial charge in [0.15, 0.2) is 0 Å². The molecule has 0 heterocycles. The number of carbonyl (C=O) groups excluding carboxylic acids is 1. The average molecular weight is 331 g/mol. The molecule has 2 amide bonds. The molecule has 1 atom stereocenters. The highest BCUT2D eigenvalue weighted by molar-refractivity contribution is 7.86. The van der Waals surface area contributed by atoms with Crippen LogP contribution in [-0.4, -0.2) is 33.8 Å². The normalized spacial score (nSPS) is 12.8. The van der Waals surface area contributed by atoms with Crippen LogP contribution in [0.1, 0.15) is 26.3 Å². The molecule has 2 N–H and O–H groups in total. The number of carbonyl (C=O) groups is 1. The Morgan fingerprint density at radius 2 is 1.81 bits per heavy atom. The Kier molecular flexibility index (Phi) is 7.18. The second kappa shape index (κ2) is 8.39. The Morgan fingerprint density at radius 1 is 1.19 bits per heavy atom. The minimum absolute atomic E-state index is 0.243. The maximum atomic E-state index is 11.8. The number of urea groups is 1. The van der Waals surface area contributed by atoms with Gasteiger partial charge in [-0.05, 0) is 38.8 Å². The highest BCUT2D eigenvalue weighted by Gasteiger charge is 2.18. The molecule has 6 heteroatoms. The van der Waals surface area contributed by atoms with Gasteiger partial charge in [0, 0.05) is 39.4 Å². The zero-order valence-electron chi connectivity index (χ0n) is 12.7. The van der Waals surface area contributed by atoms with E-state index in [-0.39, 0.29) is 10.8 Å². The summed E-state index contributed by atoms with van der Waals surface area (Å²) in [6.45, 7) is 6.69. The number of benzene rings is 1. The van der Waals surface area contributed by atoms with Crippen molar-refractivity contribution in [3.8, 4) is 0 Å². The van der Waals surface area contributed by atoms with Crippen molar-refractivity contribution >= 4 is 28.4 Å². The van der Waals surface area contributed by atoms with Crippen LogP contribution in [0.15, 0.2) is 24.3 Å². The molecule has 0 saturated carbocycles. The highest BCUT2D eigenvalue weighted by atomic mass is 35.5. The highest BCUT2D eigenvalue weighted by Crippen LogP contribution is 2.14. The number of hydrogen-bond donors (Lipinski definition) is 2. The third-order valence-corrected chi connectivity index (χ3v) is 5.20. The molecule has 1 rings (SSSR count). The number of halogens is 1. The Labute approximate surface area is 134 Å². The average Bonchev–Trinajstić information content (AvgIpc) is 2.39. The van der Waals surface area contributed by atoms with Crippen LogP contribution in [0, 0.1) is 0 Å². The van der Waals surface area contributed by atoms with E-state index in [9.17, 15) is 9.00 Å². The third-order valence-electron chi connectivity index (χ3n) is 2.89. The lowest BCUT2D eigenvalue weighted by atomic mass is 10.1. The first kappa shape index (κ1) is 18.0. The molecule has 0 aromatic heterocycles. The predicted molar refractivity (Wildman–Crippen MR) is 89.3 cm³/mol. The molecular formula is C15H23ClN2O2S. The molecule has 0 fully saturated rings. The largest absolute Gasteiger partial charge is 0.338 e. The topological polar surface area (TPSA) is 58.2 Å². The summed E-state index contributed by atoms with van der Waals surface area (Å²) in [6.07, 6.45) is 0.682. The Bertz CT molecular complexity index is 501. The van der Waals surface area contributed by atoms with Crippen LogP contribution < -0.4 is 10.6 Å². The number of rotatable bonds is 6. The van der Waals surface area contributed by atoms with E-state index in [2.05, 4.69) is 10.6 Å². The molecule has 0 aliphatic heterocycles. The first-order chi connectivity index (χ1) is 9.80. The number of hydrogen-bond acceptors (Lipinski definition) is 2. The van der Waals surface area contributed by atoms with Crippen molar-refractivity contribution in [3.05, 3.63) is 34.9 Å². The SMILES string of the molecule is CC(C)(C)[S@@](=O)CCNC(=O)NCCc1ccccc1Cl. The van der Waals surface area contributed by atoms with E-state index in [1.165, 1.54) is 0 Å². The van der Waals surface area contributed by atoms with E-state index < -0.39 is 10.8 Å². The quantitative estimate of drug-likeness (QED) is 0.842. The van der Waals surface area contributed by atoms with Crippen molar-refractivity contribution in [1.29, 1.82) is 0 Å². The van der Waals surface area contributed by atoms with Gasteiger partial charge in [0.05, 0.1) is 0 Å². The summed E-state index contributed by atoms with van der Waals surface area (Å²) in [4.78, 5) is 11.6. The van der Waals surface area contributed by atoms with Gasteiger partial charge in [0.2, 0.25) is 0 Å². The van der Waals surface area contributed by atoms with Crippen molar-refractivity contribution in [3.63, 3.8) is 0 Å². The van der Waals surface area contributed by atoms with E-state index in [0.717, 1.165) is 5.56 Å². The summed E-state index contributed by atoms with van der Waals surface area (Å²) in [5, 5.41) is 6.18. The van der Waals surface area contributed by atoms with Crippen LogP contribution in [0.2, 0.25) is 5.02 Å². The fourth-order valence-electron chi connectivity index (χ4n) is 1.64. The van der Waals surface area contributed by atoms with E-state index in [0.29, 0.717) is 30.3 Å². The van der Waals surface area contributed by atoms with Crippen LogP contribution in [0.4, 0.5) is 4.79 Å². The van der Waals surface area contributed by atoms with Crippen molar-refractivity contribution in [2.75, 3.05) is 18.8 Å². The lowest BCUT2D eigenvalue weighted by Crippen LogP contribution is -2.39. The fraction of sp³-hybridized carbons (Fsp3) is 0.533. The zero-order valence-corrected chi connectivity index (χ0v) is 14.3. The molecule has 0 saturated heterocycles. The third kappa shape index (κ3) is 6.96. The molecule has 4 nitrogen and oxygen atoms in total. The molecular weight excluding hydrogens is 308 g/mol. The lowest BCUT2D eigenvalue weighted by molar-refractivity contribution is 0.241. The van der Waals surface area contributed by atoms with Gasteiger partial charge >= 0.3 is 6.03 Å². The smallest absolute Gasteiger partial charge is 0.314 e. The van der Waals surface area contributed by atoms with E-state index in [4.69, 9.17) is 11.6 Å². The van der Waals surface area contributed by atoms with Crippen LogP contribution in [0.25, 0.3) is 0 Å². The van der Waals surface area contributed by atoms with Gasteiger partial charge in [0.1, 0.15) is 0 Å². The summed E-state index contributed by atoms with van der Waals surface area (Å²) < 4.78 is 11.6. The van der Waals surface area contributed by atoms with Gasteiger partial charge in [-0.3, -0.25) is 4.21 Å². The van der Waals surface area contributed by atoms with Crippen LogP contribution >= 0.6 is 11.6 Å². The van der Waals surface area contributed by atoms with Crippen molar-refractivity contribution in [1.82, 2.24) is 10.6 Å². The van der Waals surface area contributed by atoms with E-state index >= 15 is 0 Å². The molecule has 118 valence electrons. The summed E-state index contributed by atoms with van der Waals surface area (Å²) >= 11 is 6.04. The monoisotopic (exact) mass is 330 g/mol. The van der Waals surface area contributed by atoms with Crippen molar-refractivity contribution in [2.24, 2.45) is 0 Å². The molecule has 1 aromatic rings. The van der Waals surface area contributed by atoms with Crippen LogP contribution in [0.5, 0.6) is 0 Å². The Balaban J connectivity index is 2.20. The first-order valence-corrected chi connectivity index (χ1v) is 8.64. The summed E-state index contributed by atoms with van der Waals surface area (Å²) in [7, 11) is -0.952. The maximum absolute atomic E-state index is 11.8. The van der Waals surface area contributed by atoms with E-state index in [1.54, 1.807) is 0 Å². The van der Waals surface area contributed by atoms with Gasteiger partial charge in [-0.25, -0.2) is 4.79 Å². The van der Waals surface area contributed by atoms with Gasteiger partial charge in [0.25, 0.3) is 0 Å². The van der Waals surface area contributed by atoms with Gasteiger partial charge in [-0.1, -0.05) is 29.8 Å². The first-order valence-electron chi connectivity index (χ1n) is 6.94. The number of nitrogens with one attached hydrogen (secondary N) is 2. The summed E-state index contributed by atoms with van der Waals surface area (Å²) in [6, 6.07) is 7.32. The van der Waals surface area contributed by atoms with E-state index in [1.807, 2.05) is 45.0 Å². The number of amides is 2. The molecule has 0 aliphatic rings. The molecule has 0 unspecified atom stereocenters. The second-order valence-corrected chi connectivity index (χ2v) is 8.42. The molecule has 0 radical (unpaired) electrons. The van der Waals surface area contributed by atoms with Crippen LogP contribution in [-0.2, 0) is 17.2 Å². The van der Waals surface area contributed by atoms with Crippen molar-refractivity contribution in [2.45, 2.75) is 31.9 Å². The van der Waals surface area contributed by atoms with Gasteiger partial charge in [-0.2, -0.15) is 0 Å². The maximum Gasteiger partial charge on any atom is 0.314 e. The molecule has 0 bridgehead atoms. The zero-order chi connectivity index (χ0) is 15.9. The van der Waals surface area contributed by atoms with Crippen LogP contribution in [0.3, 0.4) is 0 Å². The predicted octanol–water partition coefficient (Wildman–Crippen LogP) is 2.73. The molecule has 0 spiro atoms. The summed E-state index contributed by atoms with van der Waals surface area (Å²) in [5.74, 6) is 0.460. The van der Waals surface area contributed by atoms with Gasteiger partial charge < -0.3 is 10.6 Å². The second-order valence-electron chi connectivity index (χ2n) is 5.69. The lowest BCUT2D eigenvalue weighted by Gasteiger charge is -2.17. The molecule has 0 aliphatic carbocycles. The minimum Gasteiger partial charge on any atom is -0.338 e. The standard InChI is InChI=1S/C15H23ClN2O2S/c1-15(2,3)21(20)11-10-18-14(19)17-9-8-12-6-4-5-7-13(12)16/h4-7H,8-11H2,1-3H3,(H2,17,18,19)/t21-/m0/s1. The molecule has 1 aromatic carbocycles. The fourth-order valence-corrected chi connectivity index (χ4v) is 2.77. The Morgan fingerprint density at radius 3 is 2.43 bits per heavy atom. The summed E-state index contributed by atoms with van der Waals surface area (Å²) in [5.41, 5.74) is 1.01. The minimum atomic E-state index is -0.952. The molecule has 21 heavy (non-hydrogen) atoms.